The molecular weight excluding hydrogens is 585 g/mol. The van der Waals surface area contributed by atoms with Crippen LogP contribution in [-0.2, 0) is 23.9 Å². The zero-order valence-corrected chi connectivity index (χ0v) is 29.8. The Bertz CT molecular complexity index is 730. The highest BCUT2D eigenvalue weighted by atomic mass is 32.1. The lowest BCUT2D eigenvalue weighted by Crippen LogP contribution is -2.23. The number of hydrogen-bond donors (Lipinski definition) is 4. The number of hydrogen-bond acceptors (Lipinski definition) is 9. The topological polar surface area (TPSA) is 110 Å². The summed E-state index contributed by atoms with van der Waals surface area (Å²) < 4.78 is 10.5. The van der Waals surface area contributed by atoms with Gasteiger partial charge in [0, 0.05) is 36.1 Å². The Kier molecular flexibility index (Phi) is 25.0. The van der Waals surface area contributed by atoms with Crippen molar-refractivity contribution in [2.45, 2.75) is 136 Å². The summed E-state index contributed by atoms with van der Waals surface area (Å²) in [7, 11) is 0. The van der Waals surface area contributed by atoms with Crippen LogP contribution in [0.25, 0.3) is 0 Å². The van der Waals surface area contributed by atoms with E-state index in [0.29, 0.717) is 68.7 Å². The van der Waals surface area contributed by atoms with Crippen molar-refractivity contribution in [2.24, 2.45) is 35.5 Å². The van der Waals surface area contributed by atoms with Gasteiger partial charge in [-0.15, -0.1) is 0 Å². The zero-order chi connectivity index (χ0) is 32.8. The quantitative estimate of drug-likeness (QED) is 0.111. The Morgan fingerprint density at radius 2 is 1.09 bits per heavy atom. The van der Waals surface area contributed by atoms with Gasteiger partial charge in [-0.3, -0.25) is 14.4 Å². The van der Waals surface area contributed by atoms with E-state index in [1.807, 2.05) is 34.6 Å². The molecule has 7 nitrogen and oxygen atoms in total. The van der Waals surface area contributed by atoms with Crippen LogP contribution in [0, 0.1) is 35.5 Å². The molecule has 4 atom stereocenters. The van der Waals surface area contributed by atoms with Crippen LogP contribution in [0.1, 0.15) is 125 Å². The lowest BCUT2D eigenvalue weighted by molar-refractivity contribution is -0.150. The first-order chi connectivity index (χ1) is 20.4. The molecule has 2 fully saturated rings. The van der Waals surface area contributed by atoms with Gasteiger partial charge in [-0.2, -0.15) is 25.3 Å². The predicted molar refractivity (Wildman–Crippen MR) is 182 cm³/mol. The van der Waals surface area contributed by atoms with E-state index in [1.165, 1.54) is 0 Å². The summed E-state index contributed by atoms with van der Waals surface area (Å²) in [6.07, 6.45) is 12.5. The van der Waals surface area contributed by atoms with Crippen LogP contribution >= 0.6 is 25.3 Å². The Hall–Kier alpha value is -0.770. The SMILES string of the molecule is CC(S)CC(=O)OCC1CCC(CO)CC1.CCC(C)C(=O)OCC1CCC(CO)CC1.CCCC(C)C(=O)CC(C)S. The minimum Gasteiger partial charge on any atom is -0.465 e. The van der Waals surface area contributed by atoms with Crippen molar-refractivity contribution < 1.29 is 34.1 Å². The normalized spacial score (nSPS) is 24.5. The highest BCUT2D eigenvalue weighted by molar-refractivity contribution is 7.81. The van der Waals surface area contributed by atoms with Crippen LogP contribution in [0.3, 0.4) is 0 Å². The molecule has 0 radical (unpaired) electrons. The fourth-order valence-corrected chi connectivity index (χ4v) is 5.60. The predicted octanol–water partition coefficient (Wildman–Crippen LogP) is 7.11. The molecule has 43 heavy (non-hydrogen) atoms. The van der Waals surface area contributed by atoms with Crippen molar-refractivity contribution in [3.63, 3.8) is 0 Å². The van der Waals surface area contributed by atoms with Gasteiger partial charge < -0.3 is 19.7 Å². The summed E-state index contributed by atoms with van der Waals surface area (Å²) >= 11 is 8.33. The van der Waals surface area contributed by atoms with E-state index in [4.69, 9.17) is 19.7 Å². The van der Waals surface area contributed by atoms with Crippen LogP contribution < -0.4 is 0 Å². The zero-order valence-electron chi connectivity index (χ0n) is 28.0. The lowest BCUT2D eigenvalue weighted by atomic mass is 9.83. The van der Waals surface area contributed by atoms with Gasteiger partial charge in [-0.1, -0.05) is 48.0 Å². The summed E-state index contributed by atoms with van der Waals surface area (Å²) in [5.41, 5.74) is 0. The largest absolute Gasteiger partial charge is 0.465 e. The van der Waals surface area contributed by atoms with Gasteiger partial charge in [0.25, 0.3) is 0 Å². The average Bonchev–Trinajstić information content (AvgIpc) is 2.99. The summed E-state index contributed by atoms with van der Waals surface area (Å²) in [6.45, 7) is 13.6. The molecule has 0 saturated heterocycles. The van der Waals surface area contributed by atoms with Crippen molar-refractivity contribution in [2.75, 3.05) is 26.4 Å². The molecule has 9 heteroatoms. The number of carbonyl (C=O) groups excluding carboxylic acids is 3. The van der Waals surface area contributed by atoms with Crippen molar-refractivity contribution in [3.05, 3.63) is 0 Å². The maximum absolute atomic E-state index is 11.5. The van der Waals surface area contributed by atoms with E-state index in [2.05, 4.69) is 32.2 Å². The molecule has 2 aliphatic rings. The summed E-state index contributed by atoms with van der Waals surface area (Å²) in [6, 6.07) is 0. The fourth-order valence-electron chi connectivity index (χ4n) is 5.27. The fraction of sp³-hybridized carbons (Fsp3) is 0.912. The molecule has 0 aliphatic heterocycles. The van der Waals surface area contributed by atoms with Gasteiger partial charge in [0.2, 0.25) is 0 Å². The number of esters is 2. The number of aliphatic hydroxyl groups is 2. The maximum Gasteiger partial charge on any atom is 0.308 e. The minimum atomic E-state index is -0.146. The molecule has 2 saturated carbocycles. The molecule has 0 aromatic rings. The number of aliphatic hydroxyl groups excluding tert-OH is 2. The van der Waals surface area contributed by atoms with Gasteiger partial charge in [-0.25, -0.2) is 0 Å². The highest BCUT2D eigenvalue weighted by Crippen LogP contribution is 2.29. The first-order valence-corrected chi connectivity index (χ1v) is 17.8. The van der Waals surface area contributed by atoms with Crippen LogP contribution in [0.5, 0.6) is 0 Å². The van der Waals surface area contributed by atoms with Gasteiger partial charge in [0.15, 0.2) is 0 Å². The number of thiol groups is 2. The molecule has 4 unspecified atom stereocenters. The third-order valence-electron chi connectivity index (χ3n) is 8.64. The number of ketones is 1. The number of ether oxygens (including phenoxy) is 2. The second-order valence-electron chi connectivity index (χ2n) is 13.0. The molecule has 0 heterocycles. The average molecular weight is 649 g/mol. The smallest absolute Gasteiger partial charge is 0.308 e. The van der Waals surface area contributed by atoms with Gasteiger partial charge >= 0.3 is 11.9 Å². The minimum absolute atomic E-state index is 0.0220. The van der Waals surface area contributed by atoms with E-state index >= 15 is 0 Å². The maximum atomic E-state index is 11.5. The molecule has 2 N–H and O–H groups in total. The first-order valence-electron chi connectivity index (χ1n) is 16.8. The molecule has 0 amide bonds. The Morgan fingerprint density at radius 3 is 1.47 bits per heavy atom. The van der Waals surface area contributed by atoms with Gasteiger partial charge in [0.05, 0.1) is 25.6 Å². The third-order valence-corrected chi connectivity index (χ3v) is 9.00. The van der Waals surface area contributed by atoms with Crippen LogP contribution in [0.2, 0.25) is 0 Å². The van der Waals surface area contributed by atoms with Gasteiger partial charge in [0.1, 0.15) is 5.78 Å². The van der Waals surface area contributed by atoms with Crippen LogP contribution in [0.15, 0.2) is 0 Å². The molecule has 2 rings (SSSR count). The Morgan fingerprint density at radius 1 is 0.674 bits per heavy atom. The lowest BCUT2D eigenvalue weighted by Gasteiger charge is -2.27. The van der Waals surface area contributed by atoms with E-state index in [0.717, 1.165) is 70.6 Å². The van der Waals surface area contributed by atoms with Gasteiger partial charge in [-0.05, 0) is 87.9 Å². The standard InChI is InChI=1S/C13H24O3.C12H22O3S.C9H18OS/c1-3-10(2)13(15)16-9-12-6-4-11(8-14)5-7-12;1-9(16)6-12(14)15-8-11-4-2-10(7-13)3-5-11;1-4-5-7(2)9(10)6-8(3)11/h10-12,14H,3-9H2,1-2H3;9-11,13,16H,2-8H2,1H3;7-8,11H,4-6H2,1-3H3. The summed E-state index contributed by atoms with van der Waals surface area (Å²) in [5, 5.41) is 18.3. The molecule has 0 aromatic heterocycles. The first kappa shape index (κ1) is 42.2. The van der Waals surface area contributed by atoms with Crippen LogP contribution in [-0.4, -0.2) is 64.9 Å². The van der Waals surface area contributed by atoms with E-state index in [-0.39, 0.29) is 34.3 Å². The molecule has 254 valence electrons. The second kappa shape index (κ2) is 25.4. The van der Waals surface area contributed by atoms with Crippen molar-refractivity contribution >= 4 is 43.0 Å². The van der Waals surface area contributed by atoms with E-state index in [9.17, 15) is 14.4 Å². The molecule has 0 spiro atoms. The Balaban J connectivity index is 0.000000629. The van der Waals surface area contributed by atoms with Crippen molar-refractivity contribution in [1.29, 1.82) is 0 Å². The van der Waals surface area contributed by atoms with E-state index < -0.39 is 0 Å². The number of Topliss-reactive ketones (excluding diaryl/α,β-unsaturated/α-hetero) is 1. The Labute approximate surface area is 273 Å². The highest BCUT2D eigenvalue weighted by Gasteiger charge is 2.23. The molecule has 0 bridgehead atoms. The number of rotatable bonds is 15. The van der Waals surface area contributed by atoms with Crippen molar-refractivity contribution in [1.82, 2.24) is 0 Å². The molecule has 2 aliphatic carbocycles. The molecular formula is C34H64O7S2. The molecule has 0 aromatic carbocycles. The second-order valence-corrected chi connectivity index (χ2v) is 14.8. The van der Waals surface area contributed by atoms with Crippen LogP contribution in [0.4, 0.5) is 0 Å². The summed E-state index contributed by atoms with van der Waals surface area (Å²) in [5.74, 6) is 2.33. The third kappa shape index (κ3) is 21.6. The monoisotopic (exact) mass is 648 g/mol. The van der Waals surface area contributed by atoms with Crippen molar-refractivity contribution in [3.8, 4) is 0 Å². The number of carbonyl (C=O) groups is 3. The summed E-state index contributed by atoms with van der Waals surface area (Å²) in [4.78, 5) is 34.1. The van der Waals surface area contributed by atoms with E-state index in [1.54, 1.807) is 0 Å².